The van der Waals surface area contributed by atoms with Gasteiger partial charge in [-0.25, -0.2) is 0 Å². The van der Waals surface area contributed by atoms with Gasteiger partial charge < -0.3 is 11.1 Å². The summed E-state index contributed by atoms with van der Waals surface area (Å²) >= 11 is 3.30. The van der Waals surface area contributed by atoms with E-state index in [1.54, 1.807) is 0 Å². The molecule has 1 amide bonds. The molecule has 1 aromatic heterocycles. The van der Waals surface area contributed by atoms with Gasteiger partial charge in [0.25, 0.3) is 5.91 Å². The van der Waals surface area contributed by atoms with Gasteiger partial charge in [-0.1, -0.05) is 18.3 Å². The average Bonchev–Trinajstić information content (AvgIpc) is 3.03. The number of amides is 1. The third kappa shape index (κ3) is 3.57. The van der Waals surface area contributed by atoms with E-state index < -0.39 is 0 Å². The Kier molecular flexibility index (Phi) is 5.53. The van der Waals surface area contributed by atoms with E-state index in [1.165, 1.54) is 24.2 Å². The highest BCUT2D eigenvalue weighted by Crippen LogP contribution is 2.29. The van der Waals surface area contributed by atoms with E-state index >= 15 is 0 Å². The summed E-state index contributed by atoms with van der Waals surface area (Å²) in [6.07, 6.45) is 5.60. The lowest BCUT2D eigenvalue weighted by molar-refractivity contribution is 0.0943. The van der Waals surface area contributed by atoms with Crippen LogP contribution >= 0.6 is 23.1 Å². The van der Waals surface area contributed by atoms with Gasteiger partial charge in [-0.15, -0.1) is 11.3 Å². The lowest BCUT2D eigenvalue weighted by Gasteiger charge is -2.18. The van der Waals surface area contributed by atoms with Gasteiger partial charge in [-0.3, -0.25) is 4.79 Å². The van der Waals surface area contributed by atoms with Crippen LogP contribution in [-0.2, 0) is 0 Å². The molecule has 0 bridgehead atoms. The number of aryl methyl sites for hydroxylation is 1. The number of carbonyl (C=O) groups is 1. The maximum Gasteiger partial charge on any atom is 0.261 e. The molecule has 108 valence electrons. The standard InChI is InChI=1S/C15H20N2OS2/c1-10-9-14(20-12(10)7-4-8-16)15(18)17-11-5-3-6-13(11)19-2/h9,11,13H,3,5-6,8,16H2,1-2H3,(H,17,18). The largest absolute Gasteiger partial charge is 0.347 e. The molecule has 2 unspecified atom stereocenters. The van der Waals surface area contributed by atoms with Crippen molar-refractivity contribution in [3.05, 3.63) is 21.4 Å². The SMILES string of the molecule is CSC1CCCC1NC(=O)c1cc(C)c(C#CCN)s1. The zero-order valence-corrected chi connectivity index (χ0v) is 13.5. The fraction of sp³-hybridized carbons (Fsp3) is 0.533. The molecule has 3 N–H and O–H groups in total. The number of thioether (sulfide) groups is 1. The van der Waals surface area contributed by atoms with E-state index in [1.807, 2.05) is 24.8 Å². The van der Waals surface area contributed by atoms with Gasteiger partial charge in [0.1, 0.15) is 0 Å². The molecule has 1 saturated carbocycles. The Hall–Kier alpha value is -0.960. The van der Waals surface area contributed by atoms with Crippen molar-refractivity contribution in [2.24, 2.45) is 5.73 Å². The van der Waals surface area contributed by atoms with Crippen molar-refractivity contribution in [2.45, 2.75) is 37.5 Å². The molecule has 0 radical (unpaired) electrons. The van der Waals surface area contributed by atoms with E-state index in [-0.39, 0.29) is 5.91 Å². The summed E-state index contributed by atoms with van der Waals surface area (Å²) < 4.78 is 0. The fourth-order valence-electron chi connectivity index (χ4n) is 2.46. The van der Waals surface area contributed by atoms with Crippen LogP contribution in [0.4, 0.5) is 0 Å². The van der Waals surface area contributed by atoms with Gasteiger partial charge in [0, 0.05) is 11.3 Å². The topological polar surface area (TPSA) is 55.1 Å². The Labute approximate surface area is 128 Å². The maximum atomic E-state index is 12.3. The molecule has 3 nitrogen and oxygen atoms in total. The van der Waals surface area contributed by atoms with Gasteiger partial charge in [-0.2, -0.15) is 11.8 Å². The van der Waals surface area contributed by atoms with Crippen molar-refractivity contribution in [3.8, 4) is 11.8 Å². The van der Waals surface area contributed by atoms with Crippen LogP contribution in [0.3, 0.4) is 0 Å². The Morgan fingerprint density at radius 2 is 2.40 bits per heavy atom. The second-order valence-corrected chi connectivity index (χ2v) is 7.04. The van der Waals surface area contributed by atoms with Crippen LogP contribution in [0, 0.1) is 18.8 Å². The van der Waals surface area contributed by atoms with Crippen LogP contribution in [0.25, 0.3) is 0 Å². The number of hydrogen-bond donors (Lipinski definition) is 2. The monoisotopic (exact) mass is 308 g/mol. The summed E-state index contributed by atoms with van der Waals surface area (Å²) in [4.78, 5) is 14.0. The van der Waals surface area contributed by atoms with E-state index in [2.05, 4.69) is 23.4 Å². The molecule has 0 saturated heterocycles. The summed E-state index contributed by atoms with van der Waals surface area (Å²) in [5.74, 6) is 5.89. The summed E-state index contributed by atoms with van der Waals surface area (Å²) in [6.45, 7) is 2.32. The molecule has 1 heterocycles. The van der Waals surface area contributed by atoms with Crippen molar-refractivity contribution in [3.63, 3.8) is 0 Å². The minimum Gasteiger partial charge on any atom is -0.347 e. The Balaban J connectivity index is 2.06. The van der Waals surface area contributed by atoms with E-state index in [0.717, 1.165) is 21.7 Å². The van der Waals surface area contributed by atoms with Gasteiger partial charge >= 0.3 is 0 Å². The number of carbonyl (C=O) groups excluding carboxylic acids is 1. The first-order chi connectivity index (χ1) is 9.65. The van der Waals surface area contributed by atoms with Crippen molar-refractivity contribution in [1.29, 1.82) is 0 Å². The molecule has 1 aliphatic rings. The minimum absolute atomic E-state index is 0.0323. The molecule has 2 rings (SSSR count). The first-order valence-corrected chi connectivity index (χ1v) is 8.89. The van der Waals surface area contributed by atoms with Crippen LogP contribution in [-0.4, -0.2) is 30.0 Å². The normalized spacial score (nSPS) is 21.4. The van der Waals surface area contributed by atoms with Crippen molar-refractivity contribution in [2.75, 3.05) is 12.8 Å². The highest BCUT2D eigenvalue weighted by molar-refractivity contribution is 7.99. The molecule has 5 heteroatoms. The van der Waals surface area contributed by atoms with Gasteiger partial charge in [0.15, 0.2) is 0 Å². The van der Waals surface area contributed by atoms with E-state index in [9.17, 15) is 4.79 Å². The Morgan fingerprint density at radius 3 is 3.10 bits per heavy atom. The first-order valence-electron chi connectivity index (χ1n) is 6.78. The lowest BCUT2D eigenvalue weighted by Crippen LogP contribution is -2.38. The summed E-state index contributed by atoms with van der Waals surface area (Å²) in [6, 6.07) is 2.22. The first kappa shape index (κ1) is 15.4. The molecule has 20 heavy (non-hydrogen) atoms. The highest BCUT2D eigenvalue weighted by atomic mass is 32.2. The van der Waals surface area contributed by atoms with Crippen LogP contribution in [0.1, 0.15) is 39.4 Å². The van der Waals surface area contributed by atoms with Gasteiger partial charge in [0.2, 0.25) is 0 Å². The lowest BCUT2D eigenvalue weighted by atomic mass is 10.2. The Bertz CT molecular complexity index is 542. The average molecular weight is 308 g/mol. The molecule has 1 aromatic rings. The Morgan fingerprint density at radius 1 is 1.60 bits per heavy atom. The molecule has 1 fully saturated rings. The van der Waals surface area contributed by atoms with E-state index in [4.69, 9.17) is 5.73 Å². The number of nitrogens with two attached hydrogens (primary N) is 1. The van der Waals surface area contributed by atoms with Crippen LogP contribution < -0.4 is 11.1 Å². The molecule has 1 aliphatic carbocycles. The maximum absolute atomic E-state index is 12.3. The number of hydrogen-bond acceptors (Lipinski definition) is 4. The molecular formula is C15H20N2OS2. The van der Waals surface area contributed by atoms with Crippen LogP contribution in [0.15, 0.2) is 6.07 Å². The zero-order valence-electron chi connectivity index (χ0n) is 11.9. The number of nitrogens with one attached hydrogen (secondary N) is 1. The van der Waals surface area contributed by atoms with Crippen molar-refractivity contribution >= 4 is 29.0 Å². The zero-order chi connectivity index (χ0) is 14.5. The summed E-state index contributed by atoms with van der Waals surface area (Å²) in [7, 11) is 0. The second kappa shape index (κ2) is 7.16. The molecular weight excluding hydrogens is 288 g/mol. The van der Waals surface area contributed by atoms with Gasteiger partial charge in [-0.05, 0) is 37.7 Å². The van der Waals surface area contributed by atoms with Crippen LogP contribution in [0.2, 0.25) is 0 Å². The quantitative estimate of drug-likeness (QED) is 0.843. The highest BCUT2D eigenvalue weighted by Gasteiger charge is 2.28. The summed E-state index contributed by atoms with van der Waals surface area (Å²) in [5.41, 5.74) is 6.43. The second-order valence-electron chi connectivity index (χ2n) is 4.91. The van der Waals surface area contributed by atoms with Crippen molar-refractivity contribution in [1.82, 2.24) is 5.32 Å². The minimum atomic E-state index is 0.0323. The molecule has 0 spiro atoms. The predicted molar refractivity (Wildman–Crippen MR) is 87.4 cm³/mol. The van der Waals surface area contributed by atoms with Crippen molar-refractivity contribution < 1.29 is 4.79 Å². The number of rotatable bonds is 3. The number of thiophene rings is 1. The predicted octanol–water partition coefficient (Wildman–Crippen LogP) is 2.38. The molecule has 0 aromatic carbocycles. The van der Waals surface area contributed by atoms with Crippen LogP contribution in [0.5, 0.6) is 0 Å². The molecule has 0 aliphatic heterocycles. The summed E-state index contributed by atoms with van der Waals surface area (Å²) in [5, 5.41) is 3.72. The smallest absolute Gasteiger partial charge is 0.261 e. The molecule has 2 atom stereocenters. The third-order valence-corrected chi connectivity index (χ3v) is 5.84. The van der Waals surface area contributed by atoms with E-state index in [0.29, 0.717) is 17.8 Å². The van der Waals surface area contributed by atoms with Gasteiger partial charge in [0.05, 0.1) is 16.3 Å². The fourth-order valence-corrected chi connectivity index (χ4v) is 4.35. The third-order valence-electron chi connectivity index (χ3n) is 3.52.